The van der Waals surface area contributed by atoms with Crippen LogP contribution in [0.5, 0.6) is 0 Å². The molecular weight excluding hydrogens is 510 g/mol. The molecule has 0 aliphatic carbocycles. The number of piperidine rings is 1. The molecule has 39 heavy (non-hydrogen) atoms. The van der Waals surface area contributed by atoms with E-state index in [1.54, 1.807) is 22.9 Å². The number of hydrogen-bond acceptors (Lipinski definition) is 5. The molecule has 2 aliphatic heterocycles. The third-order valence-corrected chi connectivity index (χ3v) is 8.34. The molecule has 2 aromatic carbocycles. The van der Waals surface area contributed by atoms with E-state index in [1.807, 2.05) is 74.7 Å². The second-order valence-corrected chi connectivity index (χ2v) is 10.8. The third-order valence-electron chi connectivity index (χ3n) is 7.88. The van der Waals surface area contributed by atoms with Crippen LogP contribution in [0, 0.1) is 37.8 Å². The first-order chi connectivity index (χ1) is 18.6. The molecule has 1 amide bonds. The topological polar surface area (TPSA) is 74.9 Å². The number of aryl methyl sites for hydroxylation is 3. The van der Waals surface area contributed by atoms with E-state index in [4.69, 9.17) is 12.2 Å². The van der Waals surface area contributed by atoms with Gasteiger partial charge in [-0.2, -0.15) is 0 Å². The summed E-state index contributed by atoms with van der Waals surface area (Å²) >= 11 is 5.65. The van der Waals surface area contributed by atoms with Crippen molar-refractivity contribution in [3.05, 3.63) is 86.4 Å². The number of aromatic nitrogens is 1. The van der Waals surface area contributed by atoms with E-state index in [2.05, 4.69) is 4.90 Å². The summed E-state index contributed by atoms with van der Waals surface area (Å²) in [6, 6.07) is 13.3. The Labute approximate surface area is 234 Å². The smallest absolute Gasteiger partial charge is 0.294 e. The summed E-state index contributed by atoms with van der Waals surface area (Å²) in [5.41, 5.74) is 7.63. The van der Waals surface area contributed by atoms with Gasteiger partial charge < -0.3 is 14.4 Å². The number of likely N-dealkylation sites (N-methyl/N-ethyl adjacent to an activating group) is 1. The van der Waals surface area contributed by atoms with Crippen LogP contribution in [-0.4, -0.2) is 45.5 Å². The van der Waals surface area contributed by atoms with Crippen molar-refractivity contribution in [2.24, 2.45) is 0 Å². The van der Waals surface area contributed by atoms with Gasteiger partial charge in [0.25, 0.3) is 11.6 Å². The summed E-state index contributed by atoms with van der Waals surface area (Å²) in [6.45, 7) is 9.64. The van der Waals surface area contributed by atoms with Gasteiger partial charge in [-0.15, -0.1) is 0 Å². The average Bonchev–Trinajstić information content (AvgIpc) is 3.31. The van der Waals surface area contributed by atoms with E-state index in [0.29, 0.717) is 16.5 Å². The van der Waals surface area contributed by atoms with E-state index < -0.39 is 0 Å². The van der Waals surface area contributed by atoms with Crippen LogP contribution < -0.4 is 9.80 Å². The Morgan fingerprint density at radius 3 is 2.28 bits per heavy atom. The van der Waals surface area contributed by atoms with Gasteiger partial charge in [-0.3, -0.25) is 19.8 Å². The first-order valence-electron chi connectivity index (χ1n) is 13.2. The van der Waals surface area contributed by atoms with Crippen molar-refractivity contribution in [3.8, 4) is 5.69 Å². The van der Waals surface area contributed by atoms with Crippen molar-refractivity contribution < 1.29 is 9.72 Å². The molecule has 2 saturated heterocycles. The predicted molar refractivity (Wildman–Crippen MR) is 160 cm³/mol. The minimum Gasteiger partial charge on any atom is -0.366 e. The van der Waals surface area contributed by atoms with Gasteiger partial charge >= 0.3 is 0 Å². The lowest BCUT2D eigenvalue weighted by molar-refractivity contribution is -0.384. The number of nitro groups is 1. The highest BCUT2D eigenvalue weighted by atomic mass is 32.1. The molecular formula is C30H33N5O3S. The van der Waals surface area contributed by atoms with Crippen LogP contribution in [0.25, 0.3) is 11.8 Å². The summed E-state index contributed by atoms with van der Waals surface area (Å²) < 4.78 is 2.00. The molecule has 2 aliphatic rings. The highest BCUT2D eigenvalue weighted by Gasteiger charge is 2.37. The number of hydrogen-bond donors (Lipinski definition) is 0. The van der Waals surface area contributed by atoms with E-state index in [-0.39, 0.29) is 16.5 Å². The lowest BCUT2D eigenvalue weighted by atomic mass is 10.1. The van der Waals surface area contributed by atoms with Gasteiger partial charge in [-0.1, -0.05) is 6.07 Å². The molecule has 0 radical (unpaired) electrons. The second-order valence-electron chi connectivity index (χ2n) is 10.4. The summed E-state index contributed by atoms with van der Waals surface area (Å²) in [7, 11) is 1.80. The van der Waals surface area contributed by atoms with Crippen molar-refractivity contribution in [1.82, 2.24) is 9.47 Å². The minimum atomic E-state index is -0.293. The number of benzene rings is 2. The van der Waals surface area contributed by atoms with E-state index in [1.165, 1.54) is 0 Å². The van der Waals surface area contributed by atoms with Crippen LogP contribution in [0.15, 0.2) is 48.2 Å². The Morgan fingerprint density at radius 1 is 0.923 bits per heavy atom. The first-order valence-corrected chi connectivity index (χ1v) is 13.6. The van der Waals surface area contributed by atoms with Crippen molar-refractivity contribution in [2.75, 3.05) is 29.9 Å². The molecule has 9 heteroatoms. The fraction of sp³-hybridized carbons (Fsp3) is 0.333. The highest BCUT2D eigenvalue weighted by molar-refractivity contribution is 7.80. The van der Waals surface area contributed by atoms with Crippen molar-refractivity contribution >= 4 is 46.4 Å². The van der Waals surface area contributed by atoms with Crippen LogP contribution in [-0.2, 0) is 4.79 Å². The lowest BCUT2D eigenvalue weighted by Gasteiger charge is -2.28. The quantitative estimate of drug-likeness (QED) is 0.165. The van der Waals surface area contributed by atoms with Gasteiger partial charge in [0.2, 0.25) is 0 Å². The normalized spacial score (nSPS) is 17.1. The molecule has 2 fully saturated rings. The number of nitro benzene ring substituents is 1. The maximum absolute atomic E-state index is 13.5. The molecule has 5 rings (SSSR count). The van der Waals surface area contributed by atoms with Crippen LogP contribution in [0.4, 0.5) is 17.1 Å². The minimum absolute atomic E-state index is 0.113. The number of amides is 1. The fourth-order valence-corrected chi connectivity index (χ4v) is 5.81. The maximum Gasteiger partial charge on any atom is 0.294 e. The second kappa shape index (κ2) is 10.3. The van der Waals surface area contributed by atoms with Gasteiger partial charge in [-0.25, -0.2) is 0 Å². The number of rotatable bonds is 5. The average molecular weight is 544 g/mol. The zero-order valence-electron chi connectivity index (χ0n) is 23.0. The van der Waals surface area contributed by atoms with Gasteiger partial charge in [0.05, 0.1) is 16.3 Å². The monoisotopic (exact) mass is 543 g/mol. The van der Waals surface area contributed by atoms with Gasteiger partial charge in [-0.05, 0) is 112 Å². The molecule has 202 valence electrons. The van der Waals surface area contributed by atoms with Crippen LogP contribution >= 0.6 is 12.2 Å². The Kier molecular flexibility index (Phi) is 7.03. The van der Waals surface area contributed by atoms with Gasteiger partial charge in [0.1, 0.15) is 11.4 Å². The lowest BCUT2D eigenvalue weighted by Crippen LogP contribution is -2.31. The standard InChI is InChI=1S/C30H33N5O3S/c1-19-9-10-24(15-20(19)2)34-29(36)28(31(5)30(34)39)17-23-16-21(3)33(22(23)4)25-11-12-26(27(18-25)35(37)38)32-13-7-6-8-14-32/h9-12,15-18H,6-8,13-14H2,1-5H3/b28-17-. The molecule has 0 atom stereocenters. The SMILES string of the molecule is Cc1ccc(N2C(=O)/C(=C/c3cc(C)n(-c4ccc(N5CCCCC5)c([N+](=O)[O-])c4)c3C)N(C)C2=S)cc1C. The molecule has 0 spiro atoms. The molecule has 1 aromatic heterocycles. The van der Waals surface area contributed by atoms with Crippen LogP contribution in [0.1, 0.15) is 47.3 Å². The predicted octanol–water partition coefficient (Wildman–Crippen LogP) is 6.21. The molecule has 3 heterocycles. The van der Waals surface area contributed by atoms with E-state index in [0.717, 1.165) is 71.8 Å². The molecule has 0 unspecified atom stereocenters. The molecule has 3 aromatic rings. The Balaban J connectivity index is 1.51. The van der Waals surface area contributed by atoms with Crippen LogP contribution in [0.2, 0.25) is 0 Å². The summed E-state index contributed by atoms with van der Waals surface area (Å²) in [5, 5.41) is 12.5. The van der Waals surface area contributed by atoms with E-state index >= 15 is 0 Å². The zero-order valence-corrected chi connectivity index (χ0v) is 23.8. The number of carbonyl (C=O) groups is 1. The van der Waals surface area contributed by atoms with E-state index in [9.17, 15) is 14.9 Å². The number of thiocarbonyl (C=S) groups is 1. The van der Waals surface area contributed by atoms with Crippen molar-refractivity contribution in [1.29, 1.82) is 0 Å². The van der Waals surface area contributed by atoms with Crippen LogP contribution in [0.3, 0.4) is 0 Å². The Hall–Kier alpha value is -3.98. The maximum atomic E-state index is 13.5. The third kappa shape index (κ3) is 4.71. The first kappa shape index (κ1) is 26.6. The zero-order chi connectivity index (χ0) is 28.0. The summed E-state index contributed by atoms with van der Waals surface area (Å²) in [4.78, 5) is 30.7. The molecule has 0 N–H and O–H groups in total. The van der Waals surface area contributed by atoms with Crippen molar-refractivity contribution in [2.45, 2.75) is 47.0 Å². The largest absolute Gasteiger partial charge is 0.366 e. The Bertz CT molecular complexity index is 1530. The summed E-state index contributed by atoms with van der Waals surface area (Å²) in [6.07, 6.45) is 5.10. The molecule has 0 bridgehead atoms. The summed E-state index contributed by atoms with van der Waals surface area (Å²) in [5.74, 6) is -0.183. The number of carbonyl (C=O) groups excluding carboxylic acids is 1. The van der Waals surface area contributed by atoms with Crippen molar-refractivity contribution in [3.63, 3.8) is 0 Å². The highest BCUT2D eigenvalue weighted by Crippen LogP contribution is 2.35. The van der Waals surface area contributed by atoms with Gasteiger partial charge in [0.15, 0.2) is 5.11 Å². The van der Waals surface area contributed by atoms with Gasteiger partial charge in [0, 0.05) is 37.6 Å². The number of nitrogens with zero attached hydrogens (tertiary/aromatic N) is 5. The Morgan fingerprint density at radius 2 is 1.62 bits per heavy atom. The number of anilines is 2. The fourth-order valence-electron chi connectivity index (χ4n) is 5.53. The molecule has 0 saturated carbocycles. The molecule has 8 nitrogen and oxygen atoms in total.